The molecule has 0 heterocycles. The molecule has 0 aromatic heterocycles. The van der Waals surface area contributed by atoms with Crippen LogP contribution in [0.25, 0.3) is 21.5 Å². The van der Waals surface area contributed by atoms with Crippen LogP contribution >= 0.6 is 0 Å². The number of fused-ring (bicyclic) bond motifs is 2. The van der Waals surface area contributed by atoms with Crippen molar-refractivity contribution in [3.63, 3.8) is 0 Å². The predicted molar refractivity (Wildman–Crippen MR) is 84.0 cm³/mol. The topological polar surface area (TPSA) is 18.5 Å². The van der Waals surface area contributed by atoms with E-state index in [2.05, 4.69) is 38.1 Å². The molecule has 0 saturated heterocycles. The van der Waals surface area contributed by atoms with Gasteiger partial charge in [-0.15, -0.1) is 0 Å². The van der Waals surface area contributed by atoms with Crippen molar-refractivity contribution in [1.82, 2.24) is 0 Å². The Hall–Kier alpha value is -2.22. The Bertz CT molecular complexity index is 735. The molecule has 0 N–H and O–H groups in total. The van der Waals surface area contributed by atoms with Crippen molar-refractivity contribution in [1.29, 1.82) is 0 Å². The number of hydrogen-bond donors (Lipinski definition) is 0. The van der Waals surface area contributed by atoms with E-state index in [1.54, 1.807) is 14.2 Å². The minimum atomic E-state index is 0.767. The average Bonchev–Trinajstić information content (AvgIpc) is 2.45. The predicted octanol–water partition coefficient (Wildman–Crippen LogP) is 4.63. The second-order valence-electron chi connectivity index (χ2n) is 5.19. The van der Waals surface area contributed by atoms with Crippen molar-refractivity contribution in [2.45, 2.75) is 13.8 Å². The zero-order valence-corrected chi connectivity index (χ0v) is 12.3. The van der Waals surface area contributed by atoms with Crippen LogP contribution in [0.2, 0.25) is 0 Å². The molecule has 0 aliphatic carbocycles. The maximum atomic E-state index is 5.37. The molecule has 20 heavy (non-hydrogen) atoms. The van der Waals surface area contributed by atoms with Gasteiger partial charge in [-0.05, 0) is 70.8 Å². The van der Waals surface area contributed by atoms with Crippen molar-refractivity contribution < 1.29 is 9.47 Å². The second kappa shape index (κ2) is 4.71. The first-order valence-electron chi connectivity index (χ1n) is 6.69. The lowest BCUT2D eigenvalue weighted by Gasteiger charge is -2.11. The lowest BCUT2D eigenvalue weighted by Crippen LogP contribution is -1.91. The number of ether oxygens (including phenoxy) is 2. The first-order chi connectivity index (χ1) is 9.62. The van der Waals surface area contributed by atoms with E-state index in [9.17, 15) is 0 Å². The van der Waals surface area contributed by atoms with Gasteiger partial charge in [0.05, 0.1) is 14.2 Å². The van der Waals surface area contributed by atoms with Gasteiger partial charge >= 0.3 is 0 Å². The van der Waals surface area contributed by atoms with Crippen molar-refractivity contribution >= 4 is 21.5 Å². The minimum absolute atomic E-state index is 0.767. The molecular formula is C18H18O2. The molecule has 3 rings (SSSR count). The maximum Gasteiger partial charge on any atom is 0.161 e. The summed E-state index contributed by atoms with van der Waals surface area (Å²) in [4.78, 5) is 0. The van der Waals surface area contributed by atoms with Gasteiger partial charge < -0.3 is 9.47 Å². The number of methoxy groups -OCH3 is 2. The fourth-order valence-corrected chi connectivity index (χ4v) is 2.61. The molecule has 0 aliphatic rings. The zero-order valence-electron chi connectivity index (χ0n) is 12.3. The van der Waals surface area contributed by atoms with Crippen LogP contribution in [0.1, 0.15) is 11.1 Å². The Kier molecular flexibility index (Phi) is 3.01. The Morgan fingerprint density at radius 3 is 1.25 bits per heavy atom. The summed E-state index contributed by atoms with van der Waals surface area (Å²) in [6.45, 7) is 4.29. The van der Waals surface area contributed by atoms with Gasteiger partial charge in [-0.3, -0.25) is 0 Å². The van der Waals surface area contributed by atoms with E-state index in [1.807, 2.05) is 12.1 Å². The molecule has 0 fully saturated rings. The highest BCUT2D eigenvalue weighted by molar-refractivity contribution is 6.00. The molecule has 2 heteroatoms. The number of benzene rings is 3. The quantitative estimate of drug-likeness (QED) is 0.630. The van der Waals surface area contributed by atoms with Crippen LogP contribution in [0.5, 0.6) is 11.5 Å². The van der Waals surface area contributed by atoms with E-state index in [4.69, 9.17) is 9.47 Å². The summed E-state index contributed by atoms with van der Waals surface area (Å²) >= 11 is 0. The lowest BCUT2D eigenvalue weighted by atomic mass is 9.99. The summed E-state index contributed by atoms with van der Waals surface area (Å²) in [5.41, 5.74) is 2.63. The second-order valence-corrected chi connectivity index (χ2v) is 5.19. The van der Waals surface area contributed by atoms with Gasteiger partial charge in [-0.25, -0.2) is 0 Å². The van der Waals surface area contributed by atoms with E-state index < -0.39 is 0 Å². The molecule has 2 nitrogen and oxygen atoms in total. The smallest absolute Gasteiger partial charge is 0.161 e. The highest BCUT2D eigenvalue weighted by Gasteiger charge is 2.07. The normalized spacial score (nSPS) is 11.0. The van der Waals surface area contributed by atoms with Crippen LogP contribution in [-0.2, 0) is 0 Å². The van der Waals surface area contributed by atoms with Crippen LogP contribution < -0.4 is 9.47 Å². The molecule has 0 bridgehead atoms. The van der Waals surface area contributed by atoms with Crippen LogP contribution in [-0.4, -0.2) is 14.2 Å². The van der Waals surface area contributed by atoms with E-state index >= 15 is 0 Å². The molecule has 3 aromatic rings. The fourth-order valence-electron chi connectivity index (χ4n) is 2.61. The van der Waals surface area contributed by atoms with Crippen molar-refractivity contribution in [3.05, 3.63) is 47.5 Å². The number of aryl methyl sites for hydroxylation is 2. The van der Waals surface area contributed by atoms with E-state index in [0.29, 0.717) is 0 Å². The summed E-state index contributed by atoms with van der Waals surface area (Å²) in [7, 11) is 3.33. The van der Waals surface area contributed by atoms with Gasteiger partial charge in [0.1, 0.15) is 0 Å². The van der Waals surface area contributed by atoms with E-state index in [-0.39, 0.29) is 0 Å². The Balaban J connectivity index is 2.35. The summed E-state index contributed by atoms with van der Waals surface area (Å²) in [5, 5.41) is 4.84. The fraction of sp³-hybridized carbons (Fsp3) is 0.222. The molecule has 0 atom stereocenters. The van der Waals surface area contributed by atoms with Crippen molar-refractivity contribution in [2.24, 2.45) is 0 Å². The Morgan fingerprint density at radius 1 is 0.550 bits per heavy atom. The SMILES string of the molecule is COc1cc2cc3cc(C)c(C)cc3cc2cc1OC. The van der Waals surface area contributed by atoms with E-state index in [1.165, 1.54) is 32.7 Å². The van der Waals surface area contributed by atoms with Gasteiger partial charge in [0.2, 0.25) is 0 Å². The highest BCUT2D eigenvalue weighted by Crippen LogP contribution is 2.34. The van der Waals surface area contributed by atoms with Crippen LogP contribution in [0.4, 0.5) is 0 Å². The third kappa shape index (κ3) is 1.97. The average molecular weight is 266 g/mol. The first kappa shape index (κ1) is 12.8. The molecule has 0 amide bonds. The van der Waals surface area contributed by atoms with Gasteiger partial charge in [-0.2, -0.15) is 0 Å². The zero-order chi connectivity index (χ0) is 14.3. The third-order valence-electron chi connectivity index (χ3n) is 3.91. The molecule has 0 radical (unpaired) electrons. The van der Waals surface area contributed by atoms with Gasteiger partial charge in [0, 0.05) is 0 Å². The van der Waals surface area contributed by atoms with Crippen molar-refractivity contribution in [3.8, 4) is 11.5 Å². The molecule has 0 aliphatic heterocycles. The lowest BCUT2D eigenvalue weighted by molar-refractivity contribution is 0.356. The molecule has 0 saturated carbocycles. The van der Waals surface area contributed by atoms with Crippen molar-refractivity contribution in [2.75, 3.05) is 14.2 Å². The molecule has 0 spiro atoms. The van der Waals surface area contributed by atoms with Gasteiger partial charge in [-0.1, -0.05) is 12.1 Å². The van der Waals surface area contributed by atoms with E-state index in [0.717, 1.165) is 11.5 Å². The third-order valence-corrected chi connectivity index (χ3v) is 3.91. The monoisotopic (exact) mass is 266 g/mol. The largest absolute Gasteiger partial charge is 0.493 e. The summed E-state index contributed by atoms with van der Waals surface area (Å²) in [6.07, 6.45) is 0. The van der Waals surface area contributed by atoms with Gasteiger partial charge in [0.15, 0.2) is 11.5 Å². The molecule has 102 valence electrons. The number of rotatable bonds is 2. The molecule has 3 aromatic carbocycles. The first-order valence-corrected chi connectivity index (χ1v) is 6.69. The van der Waals surface area contributed by atoms with Gasteiger partial charge in [0.25, 0.3) is 0 Å². The highest BCUT2D eigenvalue weighted by atomic mass is 16.5. The summed E-state index contributed by atoms with van der Waals surface area (Å²) in [5.74, 6) is 1.53. The summed E-state index contributed by atoms with van der Waals surface area (Å²) in [6, 6.07) is 12.9. The van der Waals surface area contributed by atoms with Crippen LogP contribution in [0, 0.1) is 13.8 Å². The summed E-state index contributed by atoms with van der Waals surface area (Å²) < 4.78 is 10.7. The Labute approximate surface area is 118 Å². The number of hydrogen-bond acceptors (Lipinski definition) is 2. The molecular weight excluding hydrogens is 248 g/mol. The Morgan fingerprint density at radius 2 is 0.900 bits per heavy atom. The minimum Gasteiger partial charge on any atom is -0.493 e. The standard InChI is InChI=1S/C18H18O2/c1-11-5-13-7-15-9-17(19-3)18(20-4)10-16(15)8-14(13)6-12(11)2/h5-10H,1-4H3. The molecule has 0 unspecified atom stereocenters. The van der Waals surface area contributed by atoms with Crippen LogP contribution in [0.15, 0.2) is 36.4 Å². The van der Waals surface area contributed by atoms with Crippen LogP contribution in [0.3, 0.4) is 0 Å². The maximum absolute atomic E-state index is 5.37.